The van der Waals surface area contributed by atoms with Crippen molar-refractivity contribution in [3.63, 3.8) is 0 Å². The minimum absolute atomic E-state index is 0.106. The number of carbonyl (C=O) groups excluding carboxylic acids is 2. The molecule has 0 spiro atoms. The Morgan fingerprint density at radius 3 is 2.34 bits per heavy atom. The fourth-order valence-corrected chi connectivity index (χ4v) is 5.98. The number of rotatable bonds is 9. The molecule has 2 bridgehead atoms. The number of hydrogen-bond donors (Lipinski definition) is 3. The van der Waals surface area contributed by atoms with Crippen LogP contribution < -0.4 is 16.0 Å². The van der Waals surface area contributed by atoms with Crippen LogP contribution in [0.3, 0.4) is 0 Å². The van der Waals surface area contributed by atoms with E-state index >= 15 is 0 Å². The minimum atomic E-state index is -4.47. The van der Waals surface area contributed by atoms with E-state index in [9.17, 15) is 22.8 Å². The zero-order chi connectivity index (χ0) is 29.0. The molecule has 2 unspecified atom stereocenters. The van der Waals surface area contributed by atoms with E-state index in [1.807, 2.05) is 12.1 Å². The van der Waals surface area contributed by atoms with Gasteiger partial charge in [0.2, 0.25) is 5.91 Å². The van der Waals surface area contributed by atoms with Crippen molar-refractivity contribution in [2.75, 3.05) is 11.9 Å². The van der Waals surface area contributed by atoms with Gasteiger partial charge in [-0.2, -0.15) is 13.2 Å². The van der Waals surface area contributed by atoms with Gasteiger partial charge in [0, 0.05) is 48.3 Å². The summed E-state index contributed by atoms with van der Waals surface area (Å²) < 4.78 is 39.3. The summed E-state index contributed by atoms with van der Waals surface area (Å²) in [7, 11) is 0. The largest absolute Gasteiger partial charge is 0.416 e. The molecule has 3 N–H and O–H groups in total. The van der Waals surface area contributed by atoms with Gasteiger partial charge >= 0.3 is 6.18 Å². The second-order valence-corrected chi connectivity index (χ2v) is 11.1. The van der Waals surface area contributed by atoms with Crippen molar-refractivity contribution in [1.82, 2.24) is 15.5 Å². The van der Waals surface area contributed by atoms with Crippen molar-refractivity contribution in [3.8, 4) is 0 Å². The molecule has 0 aliphatic carbocycles. The second kappa shape index (κ2) is 12.5. The van der Waals surface area contributed by atoms with Crippen molar-refractivity contribution in [1.29, 1.82) is 0 Å². The molecular formula is C31H32ClF3N4O2. The highest BCUT2D eigenvalue weighted by atomic mass is 35.5. The van der Waals surface area contributed by atoms with Gasteiger partial charge in [0.05, 0.1) is 16.8 Å². The molecule has 41 heavy (non-hydrogen) atoms. The highest BCUT2D eigenvalue weighted by Gasteiger charge is 2.40. The first-order valence-electron chi connectivity index (χ1n) is 13.8. The number of nitrogens with zero attached hydrogens (tertiary/aromatic N) is 1. The van der Waals surface area contributed by atoms with Crippen LogP contribution in [0.25, 0.3) is 0 Å². The van der Waals surface area contributed by atoms with Crippen LogP contribution in [-0.4, -0.2) is 41.4 Å². The average molecular weight is 585 g/mol. The van der Waals surface area contributed by atoms with Gasteiger partial charge in [-0.15, -0.1) is 0 Å². The van der Waals surface area contributed by atoms with Gasteiger partial charge in [0.15, 0.2) is 0 Å². The number of halogens is 4. The Morgan fingerprint density at radius 1 is 0.927 bits per heavy atom. The SMILES string of the molecule is O=C(CCNC(=O)c1ccccc1Nc1cccc(C(F)(F)F)c1)NC1CC2CCC(C1)N2Cc1ccc(Cl)cc1. The molecule has 3 aromatic carbocycles. The molecule has 2 aliphatic rings. The molecular weight excluding hydrogens is 553 g/mol. The molecule has 5 rings (SSSR count). The lowest BCUT2D eigenvalue weighted by molar-refractivity contribution is -0.137. The van der Waals surface area contributed by atoms with Gasteiger partial charge in [-0.05, 0) is 73.7 Å². The summed E-state index contributed by atoms with van der Waals surface area (Å²) in [5, 5.41) is 9.54. The normalized spacial score (nSPS) is 20.4. The molecule has 0 radical (unpaired) electrons. The standard InChI is InChI=1S/C31H32ClF3N4O2/c32-22-10-8-20(9-11-22)19-39-25-12-13-26(39)18-24(17-25)38-29(40)14-15-36-30(41)27-6-1-2-7-28(27)37-23-5-3-4-21(16-23)31(33,34)35/h1-11,16,24-26,37H,12-15,17-19H2,(H,36,41)(H,38,40). The van der Waals surface area contributed by atoms with Crippen LogP contribution in [0.5, 0.6) is 0 Å². The fraction of sp³-hybridized carbons (Fsp3) is 0.355. The lowest BCUT2D eigenvalue weighted by Crippen LogP contribution is -2.50. The van der Waals surface area contributed by atoms with Crippen LogP contribution in [0.1, 0.15) is 53.6 Å². The predicted octanol–water partition coefficient (Wildman–Crippen LogP) is 6.53. The summed E-state index contributed by atoms with van der Waals surface area (Å²) in [6.45, 7) is 1.02. The Hall–Kier alpha value is -3.56. The quantitative estimate of drug-likeness (QED) is 0.267. The van der Waals surface area contributed by atoms with Crippen molar-refractivity contribution in [2.24, 2.45) is 0 Å². The van der Waals surface area contributed by atoms with Crippen LogP contribution in [-0.2, 0) is 17.5 Å². The number of benzene rings is 3. The number of carbonyl (C=O) groups is 2. The molecule has 2 atom stereocenters. The lowest BCUT2D eigenvalue weighted by atomic mass is 9.96. The number of fused-ring (bicyclic) bond motifs is 2. The van der Waals surface area contributed by atoms with Crippen LogP contribution in [0.15, 0.2) is 72.8 Å². The van der Waals surface area contributed by atoms with Crippen LogP contribution in [0.2, 0.25) is 5.02 Å². The third kappa shape index (κ3) is 7.40. The zero-order valence-electron chi connectivity index (χ0n) is 22.4. The molecule has 2 aliphatic heterocycles. The summed E-state index contributed by atoms with van der Waals surface area (Å²) >= 11 is 6.02. The summed E-state index contributed by atoms with van der Waals surface area (Å²) in [5.41, 5.74) is 1.31. The molecule has 3 aromatic rings. The summed E-state index contributed by atoms with van der Waals surface area (Å²) in [6, 6.07) is 20.3. The Morgan fingerprint density at radius 2 is 1.63 bits per heavy atom. The molecule has 10 heteroatoms. The van der Waals surface area contributed by atoms with Gasteiger partial charge in [0.1, 0.15) is 0 Å². The van der Waals surface area contributed by atoms with Crippen molar-refractivity contribution in [2.45, 2.75) is 63.0 Å². The van der Waals surface area contributed by atoms with E-state index in [2.05, 4.69) is 33.0 Å². The van der Waals surface area contributed by atoms with E-state index in [0.717, 1.165) is 49.4 Å². The maximum absolute atomic E-state index is 13.1. The first-order valence-corrected chi connectivity index (χ1v) is 14.1. The van der Waals surface area contributed by atoms with Gasteiger partial charge in [-0.25, -0.2) is 0 Å². The number of para-hydroxylation sites is 1. The molecule has 2 heterocycles. The summed E-state index contributed by atoms with van der Waals surface area (Å²) in [6.07, 6.45) is -0.296. The number of anilines is 2. The number of amides is 2. The first-order chi connectivity index (χ1) is 19.7. The molecule has 216 valence electrons. The Labute approximate surface area is 242 Å². The van der Waals surface area contributed by atoms with E-state index in [1.165, 1.54) is 17.7 Å². The maximum atomic E-state index is 13.1. The van der Waals surface area contributed by atoms with Crippen LogP contribution in [0, 0.1) is 0 Å². The number of alkyl halides is 3. The van der Waals surface area contributed by atoms with E-state index in [-0.39, 0.29) is 36.2 Å². The van der Waals surface area contributed by atoms with Crippen molar-refractivity contribution >= 4 is 34.8 Å². The smallest absolute Gasteiger partial charge is 0.355 e. The molecule has 2 saturated heterocycles. The number of hydrogen-bond acceptors (Lipinski definition) is 4. The number of piperidine rings is 1. The van der Waals surface area contributed by atoms with Crippen molar-refractivity contribution < 1.29 is 22.8 Å². The Kier molecular flexibility index (Phi) is 8.85. The number of nitrogens with one attached hydrogen (secondary N) is 3. The Bertz CT molecular complexity index is 1370. The Balaban J connectivity index is 1.10. The molecule has 0 aromatic heterocycles. The topological polar surface area (TPSA) is 73.5 Å². The third-order valence-electron chi connectivity index (χ3n) is 7.81. The highest BCUT2D eigenvalue weighted by Crippen LogP contribution is 2.37. The minimum Gasteiger partial charge on any atom is -0.355 e. The van der Waals surface area contributed by atoms with Gasteiger partial charge < -0.3 is 16.0 Å². The molecule has 6 nitrogen and oxygen atoms in total. The van der Waals surface area contributed by atoms with Crippen LogP contribution in [0.4, 0.5) is 24.5 Å². The van der Waals surface area contributed by atoms with E-state index in [1.54, 1.807) is 24.3 Å². The fourth-order valence-electron chi connectivity index (χ4n) is 5.85. The van der Waals surface area contributed by atoms with Gasteiger partial charge in [0.25, 0.3) is 5.91 Å². The van der Waals surface area contributed by atoms with E-state index < -0.39 is 17.6 Å². The lowest BCUT2D eigenvalue weighted by Gasteiger charge is -2.39. The van der Waals surface area contributed by atoms with Crippen LogP contribution >= 0.6 is 11.6 Å². The summed E-state index contributed by atoms with van der Waals surface area (Å²) in [5.74, 6) is -0.530. The van der Waals surface area contributed by atoms with Gasteiger partial charge in [-0.3, -0.25) is 14.5 Å². The first kappa shape index (κ1) is 29.0. The zero-order valence-corrected chi connectivity index (χ0v) is 23.1. The van der Waals surface area contributed by atoms with Crippen molar-refractivity contribution in [3.05, 3.63) is 94.5 Å². The monoisotopic (exact) mass is 584 g/mol. The average Bonchev–Trinajstić information content (AvgIpc) is 3.16. The van der Waals surface area contributed by atoms with E-state index in [0.29, 0.717) is 17.8 Å². The molecule has 2 amide bonds. The predicted molar refractivity (Wildman–Crippen MR) is 153 cm³/mol. The molecule has 2 fully saturated rings. The molecule has 0 saturated carbocycles. The summed E-state index contributed by atoms with van der Waals surface area (Å²) in [4.78, 5) is 28.1. The van der Waals surface area contributed by atoms with E-state index in [4.69, 9.17) is 11.6 Å². The highest BCUT2D eigenvalue weighted by molar-refractivity contribution is 6.30. The van der Waals surface area contributed by atoms with Gasteiger partial charge in [-0.1, -0.05) is 41.9 Å². The third-order valence-corrected chi connectivity index (χ3v) is 8.06. The maximum Gasteiger partial charge on any atom is 0.416 e. The second-order valence-electron chi connectivity index (χ2n) is 10.7.